The summed E-state index contributed by atoms with van der Waals surface area (Å²) in [6.45, 7) is 1.37. The third-order valence-electron chi connectivity index (χ3n) is 2.58. The monoisotopic (exact) mass is 234 g/mol. The van der Waals surface area contributed by atoms with Gasteiger partial charge in [-0.05, 0) is 18.2 Å². The van der Waals surface area contributed by atoms with Crippen molar-refractivity contribution in [2.45, 2.75) is 6.54 Å². The zero-order chi connectivity index (χ0) is 12.3. The molecule has 2 rings (SSSR count). The summed E-state index contributed by atoms with van der Waals surface area (Å²) >= 11 is 0. The summed E-state index contributed by atoms with van der Waals surface area (Å²) in [6.07, 6.45) is 1.74. The van der Waals surface area contributed by atoms with Crippen molar-refractivity contribution >= 4 is 17.0 Å². The molecule has 5 heteroatoms. The quantitative estimate of drug-likeness (QED) is 0.752. The van der Waals surface area contributed by atoms with Crippen molar-refractivity contribution in [1.82, 2.24) is 9.55 Å². The number of hydrogen-bond acceptors (Lipinski definition) is 4. The minimum Gasteiger partial charge on any atom is -0.465 e. The predicted octanol–water partition coefficient (Wildman–Crippen LogP) is 1.47. The Labute approximate surface area is 99.0 Å². The topological polar surface area (TPSA) is 53.4 Å². The highest BCUT2D eigenvalue weighted by molar-refractivity contribution is 5.93. The lowest BCUT2D eigenvalue weighted by Gasteiger charge is -2.03. The predicted molar refractivity (Wildman–Crippen MR) is 62.9 cm³/mol. The summed E-state index contributed by atoms with van der Waals surface area (Å²) in [5.41, 5.74) is 2.27. The van der Waals surface area contributed by atoms with Crippen LogP contribution in [-0.2, 0) is 16.0 Å². The number of methoxy groups -OCH3 is 2. The maximum atomic E-state index is 11.4. The number of benzene rings is 1. The van der Waals surface area contributed by atoms with Gasteiger partial charge in [0.15, 0.2) is 0 Å². The first kappa shape index (κ1) is 11.6. The molecule has 2 aromatic rings. The second-order valence-electron chi connectivity index (χ2n) is 3.63. The van der Waals surface area contributed by atoms with Gasteiger partial charge in [0, 0.05) is 13.7 Å². The summed E-state index contributed by atoms with van der Waals surface area (Å²) in [7, 11) is 3.03. The molecule has 0 N–H and O–H groups in total. The number of imidazole rings is 1. The highest BCUT2D eigenvalue weighted by Crippen LogP contribution is 2.15. The largest absolute Gasteiger partial charge is 0.465 e. The maximum Gasteiger partial charge on any atom is 0.337 e. The number of nitrogens with zero attached hydrogens (tertiary/aromatic N) is 2. The van der Waals surface area contributed by atoms with Crippen LogP contribution < -0.4 is 0 Å². The van der Waals surface area contributed by atoms with Crippen LogP contribution in [0.2, 0.25) is 0 Å². The summed E-state index contributed by atoms with van der Waals surface area (Å²) in [5.74, 6) is -0.349. The van der Waals surface area contributed by atoms with Gasteiger partial charge in [-0.25, -0.2) is 9.78 Å². The normalized spacial score (nSPS) is 10.7. The first-order valence-electron chi connectivity index (χ1n) is 5.28. The van der Waals surface area contributed by atoms with E-state index < -0.39 is 0 Å². The second kappa shape index (κ2) is 4.97. The summed E-state index contributed by atoms with van der Waals surface area (Å²) in [5, 5.41) is 0. The number of carbonyl (C=O) groups excluding carboxylic acids is 1. The van der Waals surface area contributed by atoms with Crippen LogP contribution in [-0.4, -0.2) is 36.3 Å². The van der Waals surface area contributed by atoms with Gasteiger partial charge < -0.3 is 14.0 Å². The van der Waals surface area contributed by atoms with E-state index >= 15 is 0 Å². The lowest BCUT2D eigenvalue weighted by atomic mass is 10.2. The molecule has 1 heterocycles. The molecule has 1 aromatic carbocycles. The Morgan fingerprint density at radius 3 is 2.94 bits per heavy atom. The zero-order valence-corrected chi connectivity index (χ0v) is 9.84. The molecule has 5 nitrogen and oxygen atoms in total. The molecule has 1 aromatic heterocycles. The Morgan fingerprint density at radius 2 is 2.24 bits per heavy atom. The second-order valence-corrected chi connectivity index (χ2v) is 3.63. The number of fused-ring (bicyclic) bond motifs is 1. The molecule has 0 aliphatic rings. The van der Waals surface area contributed by atoms with Crippen molar-refractivity contribution in [3.63, 3.8) is 0 Å². The van der Waals surface area contributed by atoms with Gasteiger partial charge in [-0.1, -0.05) is 0 Å². The summed E-state index contributed by atoms with van der Waals surface area (Å²) in [6, 6.07) is 5.33. The van der Waals surface area contributed by atoms with E-state index in [4.69, 9.17) is 4.74 Å². The van der Waals surface area contributed by atoms with Crippen LogP contribution in [0.15, 0.2) is 24.5 Å². The molecule has 0 spiro atoms. The van der Waals surface area contributed by atoms with Crippen LogP contribution >= 0.6 is 0 Å². The van der Waals surface area contributed by atoms with Gasteiger partial charge in [-0.2, -0.15) is 0 Å². The van der Waals surface area contributed by atoms with Gasteiger partial charge >= 0.3 is 5.97 Å². The Morgan fingerprint density at radius 1 is 1.41 bits per heavy atom. The zero-order valence-electron chi connectivity index (χ0n) is 9.84. The Kier molecular flexibility index (Phi) is 3.39. The third-order valence-corrected chi connectivity index (χ3v) is 2.58. The molecule has 17 heavy (non-hydrogen) atoms. The van der Waals surface area contributed by atoms with E-state index in [9.17, 15) is 4.79 Å². The minimum atomic E-state index is -0.349. The molecular weight excluding hydrogens is 220 g/mol. The fourth-order valence-electron chi connectivity index (χ4n) is 1.68. The smallest absolute Gasteiger partial charge is 0.337 e. The van der Waals surface area contributed by atoms with E-state index in [1.807, 2.05) is 10.6 Å². The fraction of sp³-hybridized carbons (Fsp3) is 0.333. The average Bonchev–Trinajstić information content (AvgIpc) is 2.77. The van der Waals surface area contributed by atoms with Crippen molar-refractivity contribution in [2.75, 3.05) is 20.8 Å². The van der Waals surface area contributed by atoms with Crippen molar-refractivity contribution in [1.29, 1.82) is 0 Å². The van der Waals surface area contributed by atoms with Gasteiger partial charge in [0.1, 0.15) is 0 Å². The van der Waals surface area contributed by atoms with Gasteiger partial charge in [-0.3, -0.25) is 0 Å². The van der Waals surface area contributed by atoms with Gasteiger partial charge in [0.2, 0.25) is 0 Å². The third kappa shape index (κ3) is 2.29. The van der Waals surface area contributed by atoms with Crippen LogP contribution in [0.25, 0.3) is 11.0 Å². The molecule has 90 valence electrons. The summed E-state index contributed by atoms with van der Waals surface area (Å²) in [4.78, 5) is 15.6. The Bertz CT molecular complexity index is 534. The van der Waals surface area contributed by atoms with Crippen molar-refractivity contribution in [3.8, 4) is 0 Å². The summed E-state index contributed by atoms with van der Waals surface area (Å²) < 4.78 is 11.7. The average molecular weight is 234 g/mol. The molecule has 0 unspecified atom stereocenters. The van der Waals surface area contributed by atoms with Crippen LogP contribution in [0.5, 0.6) is 0 Å². The highest BCUT2D eigenvalue weighted by atomic mass is 16.5. The van der Waals surface area contributed by atoms with E-state index in [0.29, 0.717) is 12.2 Å². The molecule has 0 atom stereocenters. The highest BCUT2D eigenvalue weighted by Gasteiger charge is 2.08. The van der Waals surface area contributed by atoms with Crippen LogP contribution in [0, 0.1) is 0 Å². The Balaban J connectivity index is 2.34. The molecule has 0 fully saturated rings. The molecule has 0 aliphatic heterocycles. The molecule has 0 saturated heterocycles. The number of hydrogen-bond donors (Lipinski definition) is 0. The SMILES string of the molecule is COCCn1cnc2cc(C(=O)OC)ccc21. The van der Waals surface area contributed by atoms with Crippen LogP contribution in [0.4, 0.5) is 0 Å². The number of rotatable bonds is 4. The molecular formula is C12H14N2O3. The lowest BCUT2D eigenvalue weighted by molar-refractivity contribution is 0.0601. The number of carbonyl (C=O) groups is 1. The van der Waals surface area contributed by atoms with E-state index in [-0.39, 0.29) is 5.97 Å². The van der Waals surface area contributed by atoms with Gasteiger partial charge in [0.25, 0.3) is 0 Å². The van der Waals surface area contributed by atoms with Crippen molar-refractivity contribution in [3.05, 3.63) is 30.1 Å². The van der Waals surface area contributed by atoms with Crippen molar-refractivity contribution in [2.24, 2.45) is 0 Å². The molecule has 0 aliphatic carbocycles. The number of aromatic nitrogens is 2. The molecule has 0 saturated carbocycles. The van der Waals surface area contributed by atoms with E-state index in [1.165, 1.54) is 7.11 Å². The van der Waals surface area contributed by atoms with Gasteiger partial charge in [-0.15, -0.1) is 0 Å². The number of ether oxygens (including phenoxy) is 2. The first-order valence-corrected chi connectivity index (χ1v) is 5.28. The fourth-order valence-corrected chi connectivity index (χ4v) is 1.68. The minimum absolute atomic E-state index is 0.349. The van der Waals surface area contributed by atoms with Gasteiger partial charge in [0.05, 0.1) is 36.6 Å². The van der Waals surface area contributed by atoms with Crippen LogP contribution in [0.3, 0.4) is 0 Å². The lowest BCUT2D eigenvalue weighted by Crippen LogP contribution is -2.03. The number of esters is 1. The Hall–Kier alpha value is -1.88. The molecule has 0 bridgehead atoms. The van der Waals surface area contributed by atoms with E-state index in [2.05, 4.69) is 9.72 Å². The standard InChI is InChI=1S/C12H14N2O3/c1-16-6-5-14-8-13-10-7-9(12(15)17-2)3-4-11(10)14/h3-4,7-8H,5-6H2,1-2H3. The maximum absolute atomic E-state index is 11.4. The molecule has 0 amide bonds. The van der Waals surface area contributed by atoms with Crippen LogP contribution in [0.1, 0.15) is 10.4 Å². The van der Waals surface area contributed by atoms with E-state index in [1.54, 1.807) is 25.6 Å². The van der Waals surface area contributed by atoms with E-state index in [0.717, 1.165) is 17.6 Å². The molecule has 0 radical (unpaired) electrons. The van der Waals surface area contributed by atoms with Crippen molar-refractivity contribution < 1.29 is 14.3 Å². The first-order chi connectivity index (χ1) is 8.26.